The van der Waals surface area contributed by atoms with E-state index in [1.54, 1.807) is 6.92 Å². The van der Waals surface area contributed by atoms with Crippen LogP contribution in [0.3, 0.4) is 0 Å². The molecule has 0 radical (unpaired) electrons. The first-order valence-corrected chi connectivity index (χ1v) is 7.28. The molecule has 0 aliphatic rings. The molecule has 0 fully saturated rings. The summed E-state index contributed by atoms with van der Waals surface area (Å²) in [7, 11) is 1.89. The van der Waals surface area contributed by atoms with Gasteiger partial charge in [-0.2, -0.15) is 5.26 Å². The summed E-state index contributed by atoms with van der Waals surface area (Å²) < 4.78 is 0. The molecule has 0 aromatic carbocycles. The summed E-state index contributed by atoms with van der Waals surface area (Å²) in [5.41, 5.74) is 5.18. The number of carbonyl (C=O) groups is 1. The van der Waals surface area contributed by atoms with Crippen molar-refractivity contribution in [2.45, 2.75) is 52.6 Å². The number of hydrogen-bond acceptors (Lipinski definition) is 4. The van der Waals surface area contributed by atoms with Crippen molar-refractivity contribution in [3.05, 3.63) is 0 Å². The van der Waals surface area contributed by atoms with E-state index in [1.165, 1.54) is 0 Å². The molecule has 116 valence electrons. The van der Waals surface area contributed by atoms with Crippen LogP contribution in [0.5, 0.6) is 0 Å². The number of carbonyl (C=O) groups excluding carboxylic acids is 1. The van der Waals surface area contributed by atoms with Crippen molar-refractivity contribution in [3.8, 4) is 6.07 Å². The summed E-state index contributed by atoms with van der Waals surface area (Å²) >= 11 is 0. The first-order valence-electron chi connectivity index (χ1n) is 7.28. The number of nitrogens with zero attached hydrogens (tertiary/aromatic N) is 2. The maximum Gasteiger partial charge on any atom is 0.235 e. The van der Waals surface area contributed by atoms with Gasteiger partial charge in [0.15, 0.2) is 0 Å². The molecule has 0 spiro atoms. The van der Waals surface area contributed by atoms with Gasteiger partial charge >= 0.3 is 0 Å². The van der Waals surface area contributed by atoms with Crippen molar-refractivity contribution < 1.29 is 4.79 Å². The summed E-state index contributed by atoms with van der Waals surface area (Å²) in [5, 5.41) is 12.0. The number of nitrogens with one attached hydrogen (secondary N) is 1. The predicted molar refractivity (Wildman–Crippen MR) is 81.9 cm³/mol. The minimum absolute atomic E-state index is 0.0659. The van der Waals surface area contributed by atoms with Crippen molar-refractivity contribution in [2.24, 2.45) is 17.6 Å². The van der Waals surface area contributed by atoms with Crippen molar-refractivity contribution in [2.75, 3.05) is 20.1 Å². The van der Waals surface area contributed by atoms with E-state index in [9.17, 15) is 10.1 Å². The highest BCUT2D eigenvalue weighted by atomic mass is 16.2. The molecule has 2 atom stereocenters. The molecule has 0 aromatic heterocycles. The van der Waals surface area contributed by atoms with Crippen molar-refractivity contribution >= 4 is 5.91 Å². The molecular weight excluding hydrogens is 252 g/mol. The quantitative estimate of drug-likeness (QED) is 0.704. The average molecular weight is 282 g/mol. The fraction of sp³-hybridized carbons (Fsp3) is 0.867. The summed E-state index contributed by atoms with van der Waals surface area (Å²) in [6.07, 6.45) is 0.862. The number of hydrogen-bond donors (Lipinski definition) is 2. The third kappa shape index (κ3) is 6.36. The minimum Gasteiger partial charge on any atom is -0.337 e. The molecule has 2 unspecified atom stereocenters. The summed E-state index contributed by atoms with van der Waals surface area (Å²) in [6, 6.07) is 2.33. The van der Waals surface area contributed by atoms with Gasteiger partial charge < -0.3 is 11.1 Å². The zero-order valence-corrected chi connectivity index (χ0v) is 13.7. The highest BCUT2D eigenvalue weighted by Crippen LogP contribution is 2.14. The molecule has 20 heavy (non-hydrogen) atoms. The Morgan fingerprint density at radius 1 is 1.40 bits per heavy atom. The smallest absolute Gasteiger partial charge is 0.235 e. The first-order chi connectivity index (χ1) is 9.12. The maximum atomic E-state index is 12.0. The molecule has 0 bridgehead atoms. The molecule has 0 saturated carbocycles. The van der Waals surface area contributed by atoms with E-state index in [0.29, 0.717) is 5.92 Å². The molecule has 5 heteroatoms. The standard InChI is InChI=1S/C15H30N4O/c1-11(2)13(17)7-8-19(6)9-14(20)18-15(5,10-16)12(3)4/h11-13H,7-9,17H2,1-6H3,(H,18,20). The molecule has 5 nitrogen and oxygen atoms in total. The molecule has 0 rings (SSSR count). The van der Waals surface area contributed by atoms with Crippen LogP contribution in [0.2, 0.25) is 0 Å². The maximum absolute atomic E-state index is 12.0. The summed E-state index contributed by atoms with van der Waals surface area (Å²) in [5.74, 6) is 0.388. The lowest BCUT2D eigenvalue weighted by molar-refractivity contribution is -0.123. The van der Waals surface area contributed by atoms with Crippen molar-refractivity contribution in [3.63, 3.8) is 0 Å². The SMILES string of the molecule is CC(C)C(N)CCN(C)CC(=O)NC(C)(C#N)C(C)C. The Morgan fingerprint density at radius 3 is 2.35 bits per heavy atom. The highest BCUT2D eigenvalue weighted by Gasteiger charge is 2.30. The van der Waals surface area contributed by atoms with Crippen LogP contribution >= 0.6 is 0 Å². The molecule has 0 saturated heterocycles. The number of likely N-dealkylation sites (N-methyl/N-ethyl adjacent to an activating group) is 1. The van der Waals surface area contributed by atoms with E-state index < -0.39 is 5.54 Å². The lowest BCUT2D eigenvalue weighted by Gasteiger charge is -2.28. The number of amides is 1. The van der Waals surface area contributed by atoms with Gasteiger partial charge in [-0.25, -0.2) is 0 Å². The molecular formula is C15H30N4O. The van der Waals surface area contributed by atoms with Gasteiger partial charge in [0.25, 0.3) is 0 Å². The van der Waals surface area contributed by atoms with E-state index in [1.807, 2.05) is 25.8 Å². The molecule has 0 aliphatic heterocycles. The lowest BCUT2D eigenvalue weighted by atomic mass is 9.90. The highest BCUT2D eigenvalue weighted by molar-refractivity contribution is 5.79. The molecule has 1 amide bonds. The molecule has 0 aromatic rings. The van der Waals surface area contributed by atoms with E-state index in [2.05, 4.69) is 25.2 Å². The van der Waals surface area contributed by atoms with Crippen LogP contribution in [0, 0.1) is 23.2 Å². The Morgan fingerprint density at radius 2 is 1.95 bits per heavy atom. The normalized spacial score (nSPS) is 16.1. The zero-order valence-electron chi connectivity index (χ0n) is 13.7. The average Bonchev–Trinajstić information content (AvgIpc) is 2.34. The molecule has 0 aliphatic carbocycles. The Hall–Kier alpha value is -1.12. The van der Waals surface area contributed by atoms with Crippen LogP contribution in [0.15, 0.2) is 0 Å². The van der Waals surface area contributed by atoms with Gasteiger partial charge in [-0.1, -0.05) is 27.7 Å². The fourth-order valence-electron chi connectivity index (χ4n) is 1.66. The Balaban J connectivity index is 4.24. The second kappa shape index (κ2) is 8.23. The van der Waals surface area contributed by atoms with Crippen LogP contribution in [0.4, 0.5) is 0 Å². The van der Waals surface area contributed by atoms with E-state index in [4.69, 9.17) is 5.73 Å². The van der Waals surface area contributed by atoms with Gasteiger partial charge in [0.1, 0.15) is 5.54 Å². The number of nitriles is 1. The van der Waals surface area contributed by atoms with Crippen LogP contribution in [0.1, 0.15) is 41.0 Å². The number of nitrogens with two attached hydrogens (primary N) is 1. The molecule has 3 N–H and O–H groups in total. The summed E-state index contributed by atoms with van der Waals surface area (Å²) in [4.78, 5) is 13.9. The minimum atomic E-state index is -0.813. The predicted octanol–water partition coefficient (Wildman–Crippen LogP) is 1.35. The third-order valence-corrected chi connectivity index (χ3v) is 3.90. The second-order valence-corrected chi connectivity index (χ2v) is 6.45. The zero-order chi connectivity index (χ0) is 15.9. The van der Waals surface area contributed by atoms with Gasteiger partial charge in [0, 0.05) is 6.04 Å². The van der Waals surface area contributed by atoms with Crippen LogP contribution in [-0.2, 0) is 4.79 Å². The second-order valence-electron chi connectivity index (χ2n) is 6.45. The van der Waals surface area contributed by atoms with Crippen LogP contribution in [-0.4, -0.2) is 42.5 Å². The lowest BCUT2D eigenvalue weighted by Crippen LogP contribution is -2.51. The third-order valence-electron chi connectivity index (χ3n) is 3.90. The van der Waals surface area contributed by atoms with E-state index >= 15 is 0 Å². The largest absolute Gasteiger partial charge is 0.337 e. The molecule has 0 heterocycles. The number of rotatable bonds is 8. The monoisotopic (exact) mass is 282 g/mol. The Labute approximate surface area is 123 Å². The van der Waals surface area contributed by atoms with Crippen molar-refractivity contribution in [1.82, 2.24) is 10.2 Å². The Kier molecular flexibility index (Phi) is 7.77. The van der Waals surface area contributed by atoms with E-state index in [0.717, 1.165) is 13.0 Å². The van der Waals surface area contributed by atoms with Gasteiger partial charge in [0.05, 0.1) is 12.6 Å². The summed E-state index contributed by atoms with van der Waals surface area (Å²) in [6.45, 7) is 10.9. The first kappa shape index (κ1) is 18.9. The van der Waals surface area contributed by atoms with Gasteiger partial charge in [0.2, 0.25) is 5.91 Å². The van der Waals surface area contributed by atoms with Gasteiger partial charge in [-0.05, 0) is 38.8 Å². The topological polar surface area (TPSA) is 82.2 Å². The van der Waals surface area contributed by atoms with Gasteiger partial charge in [-0.15, -0.1) is 0 Å². The Bertz CT molecular complexity index is 348. The van der Waals surface area contributed by atoms with Crippen molar-refractivity contribution in [1.29, 1.82) is 5.26 Å². The van der Waals surface area contributed by atoms with Crippen LogP contribution in [0.25, 0.3) is 0 Å². The fourth-order valence-corrected chi connectivity index (χ4v) is 1.66. The van der Waals surface area contributed by atoms with Crippen LogP contribution < -0.4 is 11.1 Å². The van der Waals surface area contributed by atoms with Gasteiger partial charge in [-0.3, -0.25) is 9.69 Å². The van der Waals surface area contributed by atoms with E-state index in [-0.39, 0.29) is 24.4 Å².